The van der Waals surface area contributed by atoms with Gasteiger partial charge in [0.25, 0.3) is 5.91 Å². The Morgan fingerprint density at radius 1 is 1.10 bits per heavy atom. The van der Waals surface area contributed by atoms with Crippen LogP contribution >= 0.6 is 34.7 Å². The van der Waals surface area contributed by atoms with Crippen LogP contribution in [0.1, 0.15) is 16.1 Å². The molecule has 2 aromatic heterocycles. The second-order valence-corrected chi connectivity index (χ2v) is 8.58. The summed E-state index contributed by atoms with van der Waals surface area (Å²) in [6.07, 6.45) is 1.96. The maximum atomic E-state index is 13.2. The van der Waals surface area contributed by atoms with Crippen molar-refractivity contribution < 1.29 is 9.32 Å². The van der Waals surface area contributed by atoms with Crippen LogP contribution in [0.3, 0.4) is 0 Å². The van der Waals surface area contributed by atoms with Gasteiger partial charge in [0.15, 0.2) is 4.34 Å². The number of nitrogens with one attached hydrogen (secondary N) is 1. The number of carbonyl (C=O) groups is 1. The zero-order valence-corrected chi connectivity index (χ0v) is 18.0. The van der Waals surface area contributed by atoms with Crippen molar-refractivity contribution in [1.29, 1.82) is 0 Å². The first-order valence-electron chi connectivity index (χ1n) is 8.71. The normalized spacial score (nSPS) is 10.9. The monoisotopic (exact) mass is 441 g/mol. The van der Waals surface area contributed by atoms with E-state index in [1.807, 2.05) is 54.8 Å². The summed E-state index contributed by atoms with van der Waals surface area (Å²) in [7, 11) is 0. The van der Waals surface area contributed by atoms with Crippen LogP contribution in [0.5, 0.6) is 0 Å². The molecule has 0 radical (unpaired) electrons. The number of anilines is 1. The summed E-state index contributed by atoms with van der Waals surface area (Å²) in [6.45, 7) is 1.71. The third-order valence-electron chi connectivity index (χ3n) is 4.28. The van der Waals surface area contributed by atoms with Crippen molar-refractivity contribution in [2.24, 2.45) is 0 Å². The third kappa shape index (κ3) is 3.94. The van der Waals surface area contributed by atoms with E-state index < -0.39 is 0 Å². The fraction of sp³-hybridized carbons (Fsp3) is 0.0952. The zero-order chi connectivity index (χ0) is 20.4. The lowest BCUT2D eigenvalue weighted by molar-refractivity contribution is 0.102. The number of aromatic nitrogens is 2. The molecule has 0 spiro atoms. The highest BCUT2D eigenvalue weighted by molar-refractivity contribution is 8.00. The molecule has 4 aromatic rings. The zero-order valence-electron chi connectivity index (χ0n) is 15.6. The molecule has 1 N–H and O–H groups in total. The molecule has 0 fully saturated rings. The molecular formula is C21H16ClN3O2S2. The predicted octanol–water partition coefficient (Wildman–Crippen LogP) is 6.40. The summed E-state index contributed by atoms with van der Waals surface area (Å²) >= 11 is 9.28. The number of halogens is 1. The van der Waals surface area contributed by atoms with Gasteiger partial charge in [0.2, 0.25) is 0 Å². The molecule has 1 amide bonds. The Kier molecular flexibility index (Phi) is 5.71. The van der Waals surface area contributed by atoms with Gasteiger partial charge >= 0.3 is 0 Å². The highest BCUT2D eigenvalue weighted by atomic mass is 35.5. The molecule has 2 aromatic carbocycles. The maximum absolute atomic E-state index is 13.2. The van der Waals surface area contributed by atoms with Crippen molar-refractivity contribution in [3.8, 4) is 22.5 Å². The highest BCUT2D eigenvalue weighted by Gasteiger charge is 2.25. The Labute approximate surface area is 181 Å². The van der Waals surface area contributed by atoms with Crippen LogP contribution in [0.15, 0.2) is 63.5 Å². The van der Waals surface area contributed by atoms with Crippen LogP contribution in [0.25, 0.3) is 22.5 Å². The maximum Gasteiger partial charge on any atom is 0.262 e. The summed E-state index contributed by atoms with van der Waals surface area (Å²) < 4.78 is 6.19. The van der Waals surface area contributed by atoms with E-state index >= 15 is 0 Å². The summed E-state index contributed by atoms with van der Waals surface area (Å²) in [4.78, 5) is 17.9. The molecule has 0 saturated carbocycles. The van der Waals surface area contributed by atoms with Crippen molar-refractivity contribution >= 4 is 45.6 Å². The second kappa shape index (κ2) is 8.41. The number of hydrogen-bond acceptors (Lipinski definition) is 6. The number of nitrogens with zero attached hydrogens (tertiary/aromatic N) is 2. The molecule has 5 nitrogen and oxygen atoms in total. The number of hydrogen-bond donors (Lipinski definition) is 1. The van der Waals surface area contributed by atoms with Gasteiger partial charge in [-0.25, -0.2) is 4.98 Å². The molecule has 2 heterocycles. The van der Waals surface area contributed by atoms with E-state index in [2.05, 4.69) is 15.5 Å². The number of amides is 1. The minimum absolute atomic E-state index is 0.313. The molecule has 0 unspecified atom stereocenters. The van der Waals surface area contributed by atoms with Crippen LogP contribution in [0.2, 0.25) is 5.02 Å². The summed E-state index contributed by atoms with van der Waals surface area (Å²) in [6, 6.07) is 17.0. The number of thioether (sulfide) groups is 1. The second-order valence-electron chi connectivity index (χ2n) is 6.12. The molecule has 0 aliphatic heterocycles. The van der Waals surface area contributed by atoms with Gasteiger partial charge in [-0.1, -0.05) is 88.4 Å². The van der Waals surface area contributed by atoms with Gasteiger partial charge in [-0.05, 0) is 19.2 Å². The molecular weight excluding hydrogens is 426 g/mol. The fourth-order valence-electron chi connectivity index (χ4n) is 2.91. The number of aryl methyl sites for hydroxylation is 1. The van der Waals surface area contributed by atoms with Crippen molar-refractivity contribution in [2.75, 3.05) is 11.6 Å². The van der Waals surface area contributed by atoms with Crippen LogP contribution in [-0.4, -0.2) is 22.3 Å². The van der Waals surface area contributed by atoms with Crippen molar-refractivity contribution in [1.82, 2.24) is 10.1 Å². The van der Waals surface area contributed by atoms with E-state index in [0.717, 1.165) is 15.6 Å². The van der Waals surface area contributed by atoms with E-state index in [-0.39, 0.29) is 5.91 Å². The first-order valence-corrected chi connectivity index (χ1v) is 11.1. The lowest BCUT2D eigenvalue weighted by Crippen LogP contribution is -2.13. The Hall–Kier alpha value is -2.61. The Balaban J connectivity index is 1.73. The first kappa shape index (κ1) is 19.7. The lowest BCUT2D eigenvalue weighted by atomic mass is 10.1. The van der Waals surface area contributed by atoms with E-state index in [0.29, 0.717) is 32.6 Å². The smallest absolute Gasteiger partial charge is 0.262 e. The summed E-state index contributed by atoms with van der Waals surface area (Å²) in [5, 5.41) is 8.25. The van der Waals surface area contributed by atoms with Crippen molar-refractivity contribution in [3.63, 3.8) is 0 Å². The average molecular weight is 442 g/mol. The first-order chi connectivity index (χ1) is 14.1. The molecule has 0 bridgehead atoms. The minimum Gasteiger partial charge on any atom is -0.360 e. The van der Waals surface area contributed by atoms with Crippen molar-refractivity contribution in [3.05, 3.63) is 70.9 Å². The molecule has 29 heavy (non-hydrogen) atoms. The van der Waals surface area contributed by atoms with Crippen molar-refractivity contribution in [2.45, 2.75) is 11.3 Å². The minimum atomic E-state index is -0.313. The van der Waals surface area contributed by atoms with Gasteiger partial charge in [-0.2, -0.15) is 0 Å². The van der Waals surface area contributed by atoms with Gasteiger partial charge in [0, 0.05) is 11.1 Å². The number of thiazole rings is 1. The van der Waals surface area contributed by atoms with E-state index in [1.54, 1.807) is 13.0 Å². The molecule has 8 heteroatoms. The fourth-order valence-corrected chi connectivity index (χ4v) is 4.61. The average Bonchev–Trinajstić information content (AvgIpc) is 3.32. The Morgan fingerprint density at radius 3 is 2.55 bits per heavy atom. The number of carbonyl (C=O) groups excluding carboxylic acids is 1. The van der Waals surface area contributed by atoms with Crippen LogP contribution in [-0.2, 0) is 0 Å². The van der Waals surface area contributed by atoms with Gasteiger partial charge in [0.05, 0.1) is 5.02 Å². The van der Waals surface area contributed by atoms with E-state index in [4.69, 9.17) is 16.1 Å². The Morgan fingerprint density at radius 2 is 1.83 bits per heavy atom. The van der Waals surface area contributed by atoms with Gasteiger partial charge in [0.1, 0.15) is 27.7 Å². The Bertz CT molecular complexity index is 1170. The van der Waals surface area contributed by atoms with E-state index in [9.17, 15) is 4.79 Å². The predicted molar refractivity (Wildman–Crippen MR) is 119 cm³/mol. The highest BCUT2D eigenvalue weighted by Crippen LogP contribution is 2.38. The number of benzene rings is 2. The van der Waals surface area contributed by atoms with Gasteiger partial charge < -0.3 is 9.84 Å². The van der Waals surface area contributed by atoms with Crippen LogP contribution in [0, 0.1) is 6.92 Å². The molecule has 4 rings (SSSR count). The topological polar surface area (TPSA) is 68.0 Å². The molecule has 0 aliphatic rings. The summed E-state index contributed by atoms with van der Waals surface area (Å²) in [5.41, 5.74) is 3.10. The molecule has 0 saturated heterocycles. The SMILES string of the molecule is CSc1nc(-c2ccccc2)c(NC(=O)c2c(-c3ccccc3Cl)noc2C)s1. The summed E-state index contributed by atoms with van der Waals surface area (Å²) in [5.74, 6) is 0.112. The van der Waals surface area contributed by atoms with E-state index in [1.165, 1.54) is 23.1 Å². The van der Waals surface area contributed by atoms with Crippen LogP contribution < -0.4 is 5.32 Å². The molecule has 0 atom stereocenters. The largest absolute Gasteiger partial charge is 0.360 e. The standard InChI is InChI=1S/C21H16ClN3O2S2/c1-12-16(18(25-27-12)14-10-6-7-11-15(14)22)19(26)24-20-17(23-21(28-2)29-20)13-8-4-3-5-9-13/h3-11H,1-2H3,(H,24,26). The molecule has 0 aliphatic carbocycles. The number of rotatable bonds is 5. The quantitative estimate of drug-likeness (QED) is 0.363. The third-order valence-corrected chi connectivity index (χ3v) is 6.56. The molecule has 146 valence electrons. The van der Waals surface area contributed by atoms with Gasteiger partial charge in [-0.3, -0.25) is 4.79 Å². The van der Waals surface area contributed by atoms with Crippen LogP contribution in [0.4, 0.5) is 5.00 Å². The lowest BCUT2D eigenvalue weighted by Gasteiger charge is -2.07. The van der Waals surface area contributed by atoms with Gasteiger partial charge in [-0.15, -0.1) is 0 Å².